The van der Waals surface area contributed by atoms with Crippen LogP contribution in [0.15, 0.2) is 57.3 Å². The van der Waals surface area contributed by atoms with E-state index in [1.807, 2.05) is 0 Å². The Hall–Kier alpha value is -2.69. The molecule has 0 atom stereocenters. The number of hydrogen-bond donors (Lipinski definition) is 1. The minimum Gasteiger partial charge on any atom is -0.478 e. The van der Waals surface area contributed by atoms with Crippen LogP contribution in [0.2, 0.25) is 0 Å². The first-order valence-electron chi connectivity index (χ1n) is 5.19. The van der Waals surface area contributed by atoms with E-state index in [1.54, 1.807) is 30.5 Å². The Morgan fingerprint density at radius 3 is 2.44 bits per heavy atom. The monoisotopic (exact) mass is 242 g/mol. The Bertz CT molecular complexity index is 569. The van der Waals surface area contributed by atoms with E-state index in [-0.39, 0.29) is 5.56 Å². The van der Waals surface area contributed by atoms with Gasteiger partial charge in [0.05, 0.1) is 24.3 Å². The molecule has 5 heteroatoms. The second-order valence-corrected chi connectivity index (χ2v) is 3.43. The summed E-state index contributed by atoms with van der Waals surface area (Å²) in [6, 6.07) is 9.88. The molecule has 90 valence electrons. The summed E-state index contributed by atoms with van der Waals surface area (Å²) >= 11 is 0. The van der Waals surface area contributed by atoms with Gasteiger partial charge in [-0.3, -0.25) is 0 Å². The van der Waals surface area contributed by atoms with Crippen LogP contribution in [0.25, 0.3) is 0 Å². The lowest BCUT2D eigenvalue weighted by atomic mass is 10.1. The maximum absolute atomic E-state index is 10.6. The summed E-state index contributed by atoms with van der Waals surface area (Å²) in [6.07, 6.45) is 4.57. The zero-order chi connectivity index (χ0) is 12.8. The highest BCUT2D eigenvalue weighted by Gasteiger charge is 1.99. The van der Waals surface area contributed by atoms with Crippen LogP contribution >= 0.6 is 0 Å². The van der Waals surface area contributed by atoms with Crippen LogP contribution < -0.4 is 0 Å². The van der Waals surface area contributed by atoms with Crippen molar-refractivity contribution in [2.45, 2.75) is 0 Å². The summed E-state index contributed by atoms with van der Waals surface area (Å²) in [5.41, 5.74) is 1.02. The quantitative estimate of drug-likeness (QED) is 0.660. The molecule has 1 aromatic carbocycles. The van der Waals surface area contributed by atoms with Gasteiger partial charge >= 0.3 is 5.97 Å². The lowest BCUT2D eigenvalue weighted by Crippen LogP contribution is -1.95. The van der Waals surface area contributed by atoms with Crippen LogP contribution in [-0.4, -0.2) is 23.5 Å². The molecule has 5 nitrogen and oxygen atoms in total. The van der Waals surface area contributed by atoms with Crippen molar-refractivity contribution >= 4 is 18.4 Å². The molecule has 0 radical (unpaired) electrons. The Labute approximate surface area is 103 Å². The molecular formula is C13H10N2O3. The molecule has 0 aliphatic heterocycles. The molecule has 0 amide bonds. The fourth-order valence-electron chi connectivity index (χ4n) is 1.27. The highest BCUT2D eigenvalue weighted by Crippen LogP contribution is 2.02. The van der Waals surface area contributed by atoms with E-state index in [9.17, 15) is 4.79 Å². The summed E-state index contributed by atoms with van der Waals surface area (Å²) in [5, 5.41) is 16.4. The van der Waals surface area contributed by atoms with Gasteiger partial charge in [-0.15, -0.1) is 0 Å². The summed E-state index contributed by atoms with van der Waals surface area (Å²) in [6.45, 7) is 0. The maximum atomic E-state index is 10.6. The van der Waals surface area contributed by atoms with Crippen molar-refractivity contribution in [1.29, 1.82) is 0 Å². The molecule has 2 aromatic rings. The van der Waals surface area contributed by atoms with Gasteiger partial charge in [0.15, 0.2) is 0 Å². The lowest BCUT2D eigenvalue weighted by molar-refractivity contribution is 0.0697. The average molecular weight is 242 g/mol. The zero-order valence-electron chi connectivity index (χ0n) is 9.35. The molecule has 18 heavy (non-hydrogen) atoms. The second kappa shape index (κ2) is 5.58. The molecule has 0 aliphatic carbocycles. The predicted molar refractivity (Wildman–Crippen MR) is 67.3 cm³/mol. The lowest BCUT2D eigenvalue weighted by Gasteiger charge is -1.94. The number of benzene rings is 1. The van der Waals surface area contributed by atoms with E-state index in [0.29, 0.717) is 5.76 Å². The van der Waals surface area contributed by atoms with Crippen molar-refractivity contribution < 1.29 is 14.3 Å². The fourth-order valence-corrected chi connectivity index (χ4v) is 1.27. The number of rotatable bonds is 4. The number of carbonyl (C=O) groups is 1. The summed E-state index contributed by atoms with van der Waals surface area (Å²) < 4.78 is 5.04. The van der Waals surface area contributed by atoms with Crippen molar-refractivity contribution in [3.8, 4) is 0 Å². The number of nitrogens with zero attached hydrogens (tertiary/aromatic N) is 2. The first-order chi connectivity index (χ1) is 8.75. The molecule has 2 rings (SSSR count). The number of furan rings is 1. The Morgan fingerprint density at radius 2 is 1.83 bits per heavy atom. The largest absolute Gasteiger partial charge is 0.478 e. The van der Waals surface area contributed by atoms with Gasteiger partial charge in [-0.1, -0.05) is 12.1 Å². The molecule has 1 aromatic heterocycles. The predicted octanol–water partition coefficient (Wildman–Crippen LogP) is 2.43. The Morgan fingerprint density at radius 1 is 1.11 bits per heavy atom. The van der Waals surface area contributed by atoms with Gasteiger partial charge in [0.2, 0.25) is 0 Å². The van der Waals surface area contributed by atoms with Crippen LogP contribution in [0.4, 0.5) is 0 Å². The Kier molecular flexibility index (Phi) is 3.66. The third-order valence-electron chi connectivity index (χ3n) is 2.16. The van der Waals surface area contributed by atoms with Gasteiger partial charge in [0, 0.05) is 0 Å². The molecular weight excluding hydrogens is 232 g/mol. The van der Waals surface area contributed by atoms with Crippen molar-refractivity contribution in [3.63, 3.8) is 0 Å². The van der Waals surface area contributed by atoms with E-state index in [2.05, 4.69) is 10.2 Å². The number of hydrogen-bond acceptors (Lipinski definition) is 4. The highest BCUT2D eigenvalue weighted by atomic mass is 16.4. The molecule has 0 spiro atoms. The van der Waals surface area contributed by atoms with E-state index in [1.165, 1.54) is 24.6 Å². The zero-order valence-corrected chi connectivity index (χ0v) is 9.35. The van der Waals surface area contributed by atoms with Crippen LogP contribution in [0.1, 0.15) is 21.7 Å². The highest BCUT2D eigenvalue weighted by molar-refractivity contribution is 5.89. The van der Waals surface area contributed by atoms with Crippen molar-refractivity contribution in [2.24, 2.45) is 10.2 Å². The number of carboxylic acids is 1. The van der Waals surface area contributed by atoms with E-state index < -0.39 is 5.97 Å². The molecule has 1 N–H and O–H groups in total. The van der Waals surface area contributed by atoms with Gasteiger partial charge in [-0.2, -0.15) is 10.2 Å². The number of aromatic carboxylic acids is 1. The molecule has 0 bridgehead atoms. The van der Waals surface area contributed by atoms with Gasteiger partial charge in [-0.25, -0.2) is 4.79 Å². The van der Waals surface area contributed by atoms with E-state index in [0.717, 1.165) is 5.56 Å². The molecule has 0 unspecified atom stereocenters. The minimum absolute atomic E-state index is 0.242. The SMILES string of the molecule is O=C(O)c1ccc(/C=N/N=C/c2ccco2)cc1. The van der Waals surface area contributed by atoms with Gasteiger partial charge in [0.1, 0.15) is 5.76 Å². The van der Waals surface area contributed by atoms with Crippen LogP contribution in [-0.2, 0) is 0 Å². The molecule has 0 saturated carbocycles. The smallest absolute Gasteiger partial charge is 0.335 e. The van der Waals surface area contributed by atoms with Crippen molar-refractivity contribution in [3.05, 3.63) is 59.5 Å². The average Bonchev–Trinajstić information content (AvgIpc) is 2.88. The molecule has 0 fully saturated rings. The van der Waals surface area contributed by atoms with Gasteiger partial charge < -0.3 is 9.52 Å². The topological polar surface area (TPSA) is 75.2 Å². The third kappa shape index (κ3) is 3.15. The second-order valence-electron chi connectivity index (χ2n) is 3.43. The van der Waals surface area contributed by atoms with Crippen LogP contribution in [0.3, 0.4) is 0 Å². The summed E-state index contributed by atoms with van der Waals surface area (Å²) in [5.74, 6) is -0.331. The summed E-state index contributed by atoms with van der Waals surface area (Å²) in [7, 11) is 0. The van der Waals surface area contributed by atoms with Crippen LogP contribution in [0, 0.1) is 0 Å². The first-order valence-corrected chi connectivity index (χ1v) is 5.19. The molecule has 0 aliphatic rings. The van der Waals surface area contributed by atoms with Crippen molar-refractivity contribution in [1.82, 2.24) is 0 Å². The standard InChI is InChI=1S/C13H10N2O3/c16-13(17)11-5-3-10(4-6-11)8-14-15-9-12-2-1-7-18-12/h1-9H,(H,16,17)/b14-8+,15-9+. The van der Waals surface area contributed by atoms with E-state index >= 15 is 0 Å². The maximum Gasteiger partial charge on any atom is 0.335 e. The summed E-state index contributed by atoms with van der Waals surface area (Å²) in [4.78, 5) is 10.6. The molecule has 1 heterocycles. The Balaban J connectivity index is 1.99. The minimum atomic E-state index is -0.950. The van der Waals surface area contributed by atoms with E-state index in [4.69, 9.17) is 9.52 Å². The molecule has 0 saturated heterocycles. The van der Waals surface area contributed by atoms with Crippen molar-refractivity contribution in [2.75, 3.05) is 0 Å². The number of carboxylic acid groups (broad SMARTS) is 1. The first kappa shape index (κ1) is 11.8. The van der Waals surface area contributed by atoms with Gasteiger partial charge in [-0.05, 0) is 29.8 Å². The van der Waals surface area contributed by atoms with Crippen LogP contribution in [0.5, 0.6) is 0 Å². The van der Waals surface area contributed by atoms with Gasteiger partial charge in [0.25, 0.3) is 0 Å². The fraction of sp³-hybridized carbons (Fsp3) is 0. The normalized spacial score (nSPS) is 11.3. The third-order valence-corrected chi connectivity index (χ3v) is 2.16.